The number of methoxy groups -OCH3 is 1. The molecule has 0 aliphatic carbocycles. The van der Waals surface area contributed by atoms with Crippen molar-refractivity contribution in [2.45, 2.75) is 27.2 Å². The molecule has 0 aliphatic heterocycles. The molecule has 2 aromatic rings. The molecule has 0 saturated carbocycles. The SMILES string of the molecule is CCc1cccc(C)c1NCC(=O)Nc1cc(C)ccc1OC. The van der Waals surface area contributed by atoms with Crippen LogP contribution in [0.4, 0.5) is 11.4 Å². The third-order valence-corrected chi connectivity index (χ3v) is 3.79. The first-order chi connectivity index (χ1) is 11.0. The van der Waals surface area contributed by atoms with E-state index in [2.05, 4.69) is 23.6 Å². The molecule has 0 aromatic heterocycles. The fraction of sp³-hybridized carbons (Fsp3) is 0.316. The zero-order valence-electron chi connectivity index (χ0n) is 14.2. The van der Waals surface area contributed by atoms with E-state index in [1.54, 1.807) is 7.11 Å². The molecule has 0 saturated heterocycles. The second-order valence-electron chi connectivity index (χ2n) is 5.57. The molecule has 0 heterocycles. The average Bonchev–Trinajstić information content (AvgIpc) is 2.53. The van der Waals surface area contributed by atoms with E-state index in [1.807, 2.05) is 44.2 Å². The van der Waals surface area contributed by atoms with Gasteiger partial charge in [0.05, 0.1) is 19.3 Å². The predicted molar refractivity (Wildman–Crippen MR) is 95.4 cm³/mol. The van der Waals surface area contributed by atoms with Crippen LogP contribution in [0.3, 0.4) is 0 Å². The third-order valence-electron chi connectivity index (χ3n) is 3.79. The smallest absolute Gasteiger partial charge is 0.243 e. The molecular formula is C19H24N2O2. The van der Waals surface area contributed by atoms with Gasteiger partial charge in [0.2, 0.25) is 5.91 Å². The van der Waals surface area contributed by atoms with Gasteiger partial charge in [-0.05, 0) is 49.1 Å². The van der Waals surface area contributed by atoms with E-state index in [-0.39, 0.29) is 12.5 Å². The second kappa shape index (κ2) is 7.68. The molecule has 2 rings (SSSR count). The molecule has 122 valence electrons. The highest BCUT2D eigenvalue weighted by Gasteiger charge is 2.09. The van der Waals surface area contributed by atoms with E-state index in [9.17, 15) is 4.79 Å². The first-order valence-corrected chi connectivity index (χ1v) is 7.82. The fourth-order valence-electron chi connectivity index (χ4n) is 2.56. The first-order valence-electron chi connectivity index (χ1n) is 7.82. The van der Waals surface area contributed by atoms with Crippen LogP contribution in [0.15, 0.2) is 36.4 Å². The summed E-state index contributed by atoms with van der Waals surface area (Å²) in [5, 5.41) is 6.15. The Labute approximate surface area is 137 Å². The van der Waals surface area contributed by atoms with Crippen molar-refractivity contribution in [2.24, 2.45) is 0 Å². The Hall–Kier alpha value is -2.49. The van der Waals surface area contributed by atoms with Crippen molar-refractivity contribution in [3.63, 3.8) is 0 Å². The molecule has 0 unspecified atom stereocenters. The molecule has 0 bridgehead atoms. The minimum atomic E-state index is -0.0980. The van der Waals surface area contributed by atoms with Gasteiger partial charge >= 0.3 is 0 Å². The number of aryl methyl sites for hydroxylation is 3. The van der Waals surface area contributed by atoms with Crippen LogP contribution in [0.2, 0.25) is 0 Å². The Kier molecular flexibility index (Phi) is 5.63. The van der Waals surface area contributed by atoms with Gasteiger partial charge in [0.25, 0.3) is 0 Å². The van der Waals surface area contributed by atoms with Crippen LogP contribution in [-0.2, 0) is 11.2 Å². The van der Waals surface area contributed by atoms with Crippen LogP contribution in [-0.4, -0.2) is 19.6 Å². The van der Waals surface area contributed by atoms with Crippen LogP contribution in [0, 0.1) is 13.8 Å². The largest absolute Gasteiger partial charge is 0.495 e. The zero-order valence-corrected chi connectivity index (χ0v) is 14.2. The maximum absolute atomic E-state index is 12.2. The van der Waals surface area contributed by atoms with Gasteiger partial charge in [0.15, 0.2) is 0 Å². The number of amides is 1. The van der Waals surface area contributed by atoms with Gasteiger partial charge in [-0.25, -0.2) is 0 Å². The topological polar surface area (TPSA) is 50.4 Å². The first kappa shape index (κ1) is 16.9. The average molecular weight is 312 g/mol. The molecule has 0 atom stereocenters. The molecule has 2 N–H and O–H groups in total. The highest BCUT2D eigenvalue weighted by Crippen LogP contribution is 2.25. The summed E-state index contributed by atoms with van der Waals surface area (Å²) in [4.78, 5) is 12.2. The minimum absolute atomic E-state index is 0.0980. The van der Waals surface area contributed by atoms with Crippen LogP contribution in [0.1, 0.15) is 23.6 Å². The quantitative estimate of drug-likeness (QED) is 0.850. The second-order valence-corrected chi connectivity index (χ2v) is 5.57. The molecule has 2 aromatic carbocycles. The number of nitrogens with one attached hydrogen (secondary N) is 2. The van der Waals surface area contributed by atoms with Crippen molar-refractivity contribution in [3.8, 4) is 5.75 Å². The number of hydrogen-bond acceptors (Lipinski definition) is 3. The monoisotopic (exact) mass is 312 g/mol. The summed E-state index contributed by atoms with van der Waals surface area (Å²) in [6.07, 6.45) is 0.928. The van der Waals surface area contributed by atoms with Crippen molar-refractivity contribution >= 4 is 17.3 Å². The Bertz CT molecular complexity index is 696. The summed E-state index contributed by atoms with van der Waals surface area (Å²) < 4.78 is 5.28. The van der Waals surface area contributed by atoms with Gasteiger partial charge in [-0.3, -0.25) is 4.79 Å². The van der Waals surface area contributed by atoms with E-state index >= 15 is 0 Å². The third kappa shape index (κ3) is 4.25. The standard InChI is InChI=1S/C19H24N2O2/c1-5-15-8-6-7-14(3)19(15)20-12-18(22)21-16-11-13(2)9-10-17(16)23-4/h6-11,20H,5,12H2,1-4H3,(H,21,22). The van der Waals surface area contributed by atoms with Crippen molar-refractivity contribution in [2.75, 3.05) is 24.3 Å². The summed E-state index contributed by atoms with van der Waals surface area (Å²) in [5.41, 5.74) is 5.17. The minimum Gasteiger partial charge on any atom is -0.495 e. The zero-order chi connectivity index (χ0) is 16.8. The van der Waals surface area contributed by atoms with Gasteiger partial charge in [-0.1, -0.05) is 31.2 Å². The number of para-hydroxylation sites is 1. The van der Waals surface area contributed by atoms with Gasteiger partial charge in [0, 0.05) is 5.69 Å². The lowest BCUT2D eigenvalue weighted by Crippen LogP contribution is -2.23. The lowest BCUT2D eigenvalue weighted by molar-refractivity contribution is -0.114. The summed E-state index contributed by atoms with van der Waals surface area (Å²) in [6, 6.07) is 11.9. The summed E-state index contributed by atoms with van der Waals surface area (Å²) in [5.74, 6) is 0.563. The van der Waals surface area contributed by atoms with E-state index in [4.69, 9.17) is 4.74 Å². The summed E-state index contributed by atoms with van der Waals surface area (Å²) in [7, 11) is 1.60. The predicted octanol–water partition coefficient (Wildman–Crippen LogP) is 3.93. The number of hydrogen-bond donors (Lipinski definition) is 2. The Morgan fingerprint density at radius 3 is 2.65 bits per heavy atom. The van der Waals surface area contributed by atoms with E-state index in [0.717, 1.165) is 23.2 Å². The van der Waals surface area contributed by atoms with E-state index in [1.165, 1.54) is 5.56 Å². The normalized spacial score (nSPS) is 10.3. The number of ether oxygens (including phenoxy) is 1. The summed E-state index contributed by atoms with van der Waals surface area (Å²) >= 11 is 0. The highest BCUT2D eigenvalue weighted by molar-refractivity contribution is 5.95. The number of carbonyl (C=O) groups excluding carboxylic acids is 1. The molecule has 0 spiro atoms. The van der Waals surface area contributed by atoms with Crippen LogP contribution < -0.4 is 15.4 Å². The number of benzene rings is 2. The Morgan fingerprint density at radius 2 is 1.96 bits per heavy atom. The summed E-state index contributed by atoms with van der Waals surface area (Å²) in [6.45, 7) is 6.35. The highest BCUT2D eigenvalue weighted by atomic mass is 16.5. The van der Waals surface area contributed by atoms with Crippen LogP contribution in [0.5, 0.6) is 5.75 Å². The van der Waals surface area contributed by atoms with Gasteiger partial charge < -0.3 is 15.4 Å². The lowest BCUT2D eigenvalue weighted by atomic mass is 10.1. The van der Waals surface area contributed by atoms with Crippen molar-refractivity contribution in [1.82, 2.24) is 0 Å². The van der Waals surface area contributed by atoms with Gasteiger partial charge in [-0.15, -0.1) is 0 Å². The Morgan fingerprint density at radius 1 is 1.17 bits per heavy atom. The van der Waals surface area contributed by atoms with Crippen molar-refractivity contribution < 1.29 is 9.53 Å². The molecule has 0 radical (unpaired) electrons. The fourth-order valence-corrected chi connectivity index (χ4v) is 2.56. The number of carbonyl (C=O) groups is 1. The van der Waals surface area contributed by atoms with Gasteiger partial charge in [0.1, 0.15) is 5.75 Å². The molecule has 0 fully saturated rings. The number of rotatable bonds is 6. The maximum Gasteiger partial charge on any atom is 0.243 e. The molecule has 0 aliphatic rings. The van der Waals surface area contributed by atoms with Gasteiger partial charge in [-0.2, -0.15) is 0 Å². The molecule has 23 heavy (non-hydrogen) atoms. The van der Waals surface area contributed by atoms with E-state index < -0.39 is 0 Å². The molecular weight excluding hydrogens is 288 g/mol. The van der Waals surface area contributed by atoms with Crippen LogP contribution in [0.25, 0.3) is 0 Å². The number of anilines is 2. The molecule has 4 nitrogen and oxygen atoms in total. The van der Waals surface area contributed by atoms with Crippen molar-refractivity contribution in [3.05, 3.63) is 53.1 Å². The van der Waals surface area contributed by atoms with E-state index in [0.29, 0.717) is 11.4 Å². The van der Waals surface area contributed by atoms with Crippen LogP contribution >= 0.6 is 0 Å². The maximum atomic E-state index is 12.2. The molecule has 1 amide bonds. The van der Waals surface area contributed by atoms with Crippen molar-refractivity contribution in [1.29, 1.82) is 0 Å². The molecule has 4 heteroatoms. The lowest BCUT2D eigenvalue weighted by Gasteiger charge is -2.15. The Balaban J connectivity index is 2.05.